The molecule has 0 aliphatic carbocycles. The lowest BCUT2D eigenvalue weighted by Crippen LogP contribution is -2.25. The molecule has 3 heterocycles. The van der Waals surface area contributed by atoms with Crippen molar-refractivity contribution in [2.24, 2.45) is 0 Å². The Labute approximate surface area is 181 Å². The van der Waals surface area contributed by atoms with E-state index in [1.54, 1.807) is 4.57 Å². The molecule has 8 nitrogen and oxygen atoms in total. The number of nitrogens with one attached hydrogen (secondary N) is 1. The number of thioether (sulfide) groups is 1. The highest BCUT2D eigenvalue weighted by atomic mass is 32.2. The first-order valence-corrected chi connectivity index (χ1v) is 10.6. The van der Waals surface area contributed by atoms with Crippen molar-refractivity contribution >= 4 is 33.8 Å². The fraction of sp³-hybridized carbons (Fsp3) is 0.136. The first-order chi connectivity index (χ1) is 15.0. The number of aromatic amines is 1. The van der Waals surface area contributed by atoms with Crippen LogP contribution in [0.15, 0.2) is 58.6 Å². The standard InChI is InChI=1S/C22H18N6O2S/c1-12-6-3-4-9-15(12)28-16(25-14-8-5-7-13(2)17(14)21(28)29)10-31-20-18-19(24-11-23-18)26-22(30)27-20/h3-9,11H,10H2,1-2H3,(H2,23,24,26,27,30). The third-order valence-electron chi connectivity index (χ3n) is 5.10. The fourth-order valence-corrected chi connectivity index (χ4v) is 4.52. The number of H-pyrrole nitrogens is 1. The van der Waals surface area contributed by atoms with Crippen molar-refractivity contribution in [2.75, 3.05) is 0 Å². The molecule has 0 unspecified atom stereocenters. The van der Waals surface area contributed by atoms with Gasteiger partial charge in [0.25, 0.3) is 5.56 Å². The molecule has 2 N–H and O–H groups in total. The lowest BCUT2D eigenvalue weighted by atomic mass is 10.1. The molecular weight excluding hydrogens is 412 g/mol. The zero-order chi connectivity index (χ0) is 21.5. The highest BCUT2D eigenvalue weighted by Gasteiger charge is 2.17. The summed E-state index contributed by atoms with van der Waals surface area (Å²) in [5.74, 6) is 0.940. The van der Waals surface area contributed by atoms with Gasteiger partial charge in [-0.15, -0.1) is 0 Å². The summed E-state index contributed by atoms with van der Waals surface area (Å²) >= 11 is 1.34. The van der Waals surface area contributed by atoms with Crippen molar-refractivity contribution in [1.82, 2.24) is 29.5 Å². The van der Waals surface area contributed by atoms with Crippen LogP contribution in [0.2, 0.25) is 0 Å². The van der Waals surface area contributed by atoms with Crippen LogP contribution in [-0.4, -0.2) is 34.6 Å². The molecule has 0 atom stereocenters. The van der Waals surface area contributed by atoms with Gasteiger partial charge >= 0.3 is 6.01 Å². The molecule has 0 radical (unpaired) electrons. The number of aromatic hydroxyl groups is 1. The van der Waals surface area contributed by atoms with Crippen molar-refractivity contribution < 1.29 is 5.11 Å². The van der Waals surface area contributed by atoms with Gasteiger partial charge in [-0.3, -0.25) is 9.36 Å². The third-order valence-corrected chi connectivity index (χ3v) is 6.07. The van der Waals surface area contributed by atoms with Gasteiger partial charge in [-0.05, 0) is 37.1 Å². The minimum absolute atomic E-state index is 0.108. The van der Waals surface area contributed by atoms with Crippen molar-refractivity contribution in [3.05, 3.63) is 76.1 Å². The van der Waals surface area contributed by atoms with E-state index < -0.39 is 0 Å². The van der Waals surface area contributed by atoms with Gasteiger partial charge in [0, 0.05) is 0 Å². The number of para-hydroxylation sites is 1. The van der Waals surface area contributed by atoms with Crippen molar-refractivity contribution in [2.45, 2.75) is 24.6 Å². The molecule has 0 bridgehead atoms. The van der Waals surface area contributed by atoms with Crippen LogP contribution in [0.1, 0.15) is 17.0 Å². The highest BCUT2D eigenvalue weighted by molar-refractivity contribution is 7.98. The van der Waals surface area contributed by atoms with E-state index in [2.05, 4.69) is 19.9 Å². The van der Waals surface area contributed by atoms with Crippen LogP contribution in [0, 0.1) is 13.8 Å². The lowest BCUT2D eigenvalue weighted by Gasteiger charge is -2.16. The Morgan fingerprint density at radius 2 is 1.84 bits per heavy atom. The van der Waals surface area contributed by atoms with Crippen LogP contribution in [0.3, 0.4) is 0 Å². The molecule has 3 aromatic heterocycles. The summed E-state index contributed by atoms with van der Waals surface area (Å²) < 4.78 is 1.67. The number of aryl methyl sites for hydroxylation is 2. The largest absolute Gasteiger partial charge is 0.479 e. The van der Waals surface area contributed by atoms with Crippen molar-refractivity contribution in [1.29, 1.82) is 0 Å². The number of fused-ring (bicyclic) bond motifs is 2. The van der Waals surface area contributed by atoms with Gasteiger partial charge in [-0.25, -0.2) is 9.97 Å². The lowest BCUT2D eigenvalue weighted by molar-refractivity contribution is 0.428. The zero-order valence-electron chi connectivity index (χ0n) is 16.8. The Bertz CT molecular complexity index is 1510. The second kappa shape index (κ2) is 7.51. The van der Waals surface area contributed by atoms with E-state index in [9.17, 15) is 9.90 Å². The van der Waals surface area contributed by atoms with E-state index in [0.717, 1.165) is 16.8 Å². The first kappa shape index (κ1) is 19.3. The van der Waals surface area contributed by atoms with Crippen LogP contribution in [0.5, 0.6) is 6.01 Å². The molecule has 154 valence electrons. The molecular formula is C22H18N6O2S. The van der Waals surface area contributed by atoms with E-state index in [1.807, 2.05) is 56.3 Å². The zero-order valence-corrected chi connectivity index (χ0v) is 17.6. The molecule has 0 aliphatic heterocycles. The molecule has 2 aromatic carbocycles. The normalized spacial score (nSPS) is 11.4. The van der Waals surface area contributed by atoms with E-state index >= 15 is 0 Å². The number of imidazole rings is 1. The molecule has 0 spiro atoms. The molecule has 0 aliphatic rings. The summed E-state index contributed by atoms with van der Waals surface area (Å²) in [6, 6.07) is 13.1. The van der Waals surface area contributed by atoms with Gasteiger partial charge in [-0.2, -0.15) is 9.97 Å². The predicted octanol–water partition coefficient (Wildman–Crippen LogP) is 3.67. The van der Waals surface area contributed by atoms with Crippen LogP contribution < -0.4 is 5.56 Å². The molecule has 0 saturated carbocycles. The SMILES string of the molecule is Cc1ccccc1-n1c(CSc2nc(O)nc3[nH]cnc23)nc2cccc(C)c2c1=O. The number of rotatable bonds is 4. The van der Waals surface area contributed by atoms with Crippen molar-refractivity contribution in [3.63, 3.8) is 0 Å². The quantitative estimate of drug-likeness (QED) is 0.331. The maximum Gasteiger partial charge on any atom is 0.317 e. The smallest absolute Gasteiger partial charge is 0.317 e. The Kier molecular flexibility index (Phi) is 4.67. The second-order valence-corrected chi connectivity index (χ2v) is 8.11. The van der Waals surface area contributed by atoms with Crippen LogP contribution in [-0.2, 0) is 5.75 Å². The molecule has 5 aromatic rings. The van der Waals surface area contributed by atoms with Crippen molar-refractivity contribution in [3.8, 4) is 11.7 Å². The summed E-state index contributed by atoms with van der Waals surface area (Å²) in [5, 5.41) is 11.0. The monoisotopic (exact) mass is 430 g/mol. The Morgan fingerprint density at radius 1 is 1.03 bits per heavy atom. The predicted molar refractivity (Wildman–Crippen MR) is 120 cm³/mol. The average molecular weight is 430 g/mol. The minimum atomic E-state index is -0.336. The highest BCUT2D eigenvalue weighted by Crippen LogP contribution is 2.28. The number of aromatic nitrogens is 6. The van der Waals surface area contributed by atoms with E-state index in [0.29, 0.717) is 38.7 Å². The Hall–Kier alpha value is -3.72. The third kappa shape index (κ3) is 3.32. The molecule has 0 fully saturated rings. The Balaban J connectivity index is 1.69. The fourth-order valence-electron chi connectivity index (χ4n) is 3.63. The summed E-state index contributed by atoms with van der Waals surface area (Å²) in [6.07, 6.45) is 1.50. The maximum atomic E-state index is 13.6. The molecule has 0 amide bonds. The number of nitrogens with zero attached hydrogens (tertiary/aromatic N) is 5. The van der Waals surface area contributed by atoms with Crippen LogP contribution in [0.25, 0.3) is 27.8 Å². The van der Waals surface area contributed by atoms with Gasteiger partial charge in [-0.1, -0.05) is 42.1 Å². The number of hydrogen-bond donors (Lipinski definition) is 2. The maximum absolute atomic E-state index is 13.6. The summed E-state index contributed by atoms with van der Waals surface area (Å²) in [7, 11) is 0. The number of hydrogen-bond acceptors (Lipinski definition) is 7. The van der Waals surface area contributed by atoms with Gasteiger partial charge in [0.15, 0.2) is 5.65 Å². The summed E-state index contributed by atoms with van der Waals surface area (Å²) in [5.41, 5.74) is 4.20. The minimum Gasteiger partial charge on any atom is -0.479 e. The Morgan fingerprint density at radius 3 is 2.68 bits per heavy atom. The van der Waals surface area contributed by atoms with Crippen LogP contribution in [0.4, 0.5) is 0 Å². The summed E-state index contributed by atoms with van der Waals surface area (Å²) in [4.78, 5) is 33.6. The van der Waals surface area contributed by atoms with E-state index in [-0.39, 0.29) is 11.6 Å². The van der Waals surface area contributed by atoms with E-state index in [1.165, 1.54) is 18.1 Å². The first-order valence-electron chi connectivity index (χ1n) is 9.63. The van der Waals surface area contributed by atoms with Gasteiger partial charge < -0.3 is 10.1 Å². The molecule has 31 heavy (non-hydrogen) atoms. The summed E-state index contributed by atoms with van der Waals surface area (Å²) in [6.45, 7) is 3.89. The van der Waals surface area contributed by atoms with Crippen LogP contribution >= 0.6 is 11.8 Å². The average Bonchev–Trinajstić information content (AvgIpc) is 3.21. The van der Waals surface area contributed by atoms with Gasteiger partial charge in [0.1, 0.15) is 16.4 Å². The number of benzene rings is 2. The van der Waals surface area contributed by atoms with Gasteiger partial charge in [0.05, 0.1) is 28.7 Å². The molecule has 9 heteroatoms. The topological polar surface area (TPSA) is 110 Å². The molecule has 5 rings (SSSR count). The second-order valence-electron chi connectivity index (χ2n) is 7.14. The van der Waals surface area contributed by atoms with Gasteiger partial charge in [0.2, 0.25) is 0 Å². The molecule has 0 saturated heterocycles. The van der Waals surface area contributed by atoms with E-state index in [4.69, 9.17) is 4.98 Å².